The van der Waals surface area contributed by atoms with Crippen LogP contribution in [-0.4, -0.2) is 32.9 Å². The van der Waals surface area contributed by atoms with Crippen molar-refractivity contribution in [1.29, 1.82) is 0 Å². The van der Waals surface area contributed by atoms with Crippen molar-refractivity contribution in [3.63, 3.8) is 0 Å². The van der Waals surface area contributed by atoms with Crippen LogP contribution in [0.5, 0.6) is 0 Å². The number of hydrogen-bond acceptors (Lipinski definition) is 4. The van der Waals surface area contributed by atoms with Gasteiger partial charge >= 0.3 is 0 Å². The van der Waals surface area contributed by atoms with Crippen molar-refractivity contribution < 1.29 is 13.5 Å². The van der Waals surface area contributed by atoms with E-state index < -0.39 is 16.1 Å². The van der Waals surface area contributed by atoms with Crippen molar-refractivity contribution in [2.24, 2.45) is 5.73 Å². The third kappa shape index (κ3) is 3.08. The Balaban J connectivity index is 2.36. The standard InChI is InChI=1S/C13H20N2O3S/c1-19(17,18)15-8-2-3-10-9-11(4-5-12(10)15)13(16)6-7-14/h4-5,9,13,16H,2-3,6-8,14H2,1H3. The highest BCUT2D eigenvalue weighted by Gasteiger charge is 2.24. The molecule has 3 N–H and O–H groups in total. The first kappa shape index (κ1) is 14.3. The number of anilines is 1. The van der Waals surface area contributed by atoms with Gasteiger partial charge in [0.1, 0.15) is 0 Å². The molecule has 0 saturated carbocycles. The van der Waals surface area contributed by atoms with E-state index in [0.717, 1.165) is 29.7 Å². The van der Waals surface area contributed by atoms with E-state index in [1.54, 1.807) is 12.1 Å². The van der Waals surface area contributed by atoms with E-state index in [-0.39, 0.29) is 0 Å². The van der Waals surface area contributed by atoms with E-state index >= 15 is 0 Å². The molecule has 0 aromatic heterocycles. The average molecular weight is 284 g/mol. The fourth-order valence-electron chi connectivity index (χ4n) is 2.46. The highest BCUT2D eigenvalue weighted by Crippen LogP contribution is 2.31. The maximum absolute atomic E-state index is 11.7. The molecular formula is C13H20N2O3S. The second-order valence-corrected chi connectivity index (χ2v) is 6.83. The van der Waals surface area contributed by atoms with Crippen LogP contribution in [0.2, 0.25) is 0 Å². The molecule has 19 heavy (non-hydrogen) atoms. The minimum atomic E-state index is -3.23. The average Bonchev–Trinajstić information content (AvgIpc) is 2.36. The predicted molar refractivity (Wildman–Crippen MR) is 75.6 cm³/mol. The molecule has 0 aliphatic carbocycles. The number of aryl methyl sites for hydroxylation is 1. The largest absolute Gasteiger partial charge is 0.388 e. The lowest BCUT2D eigenvalue weighted by Gasteiger charge is -2.29. The summed E-state index contributed by atoms with van der Waals surface area (Å²) in [5.41, 5.74) is 7.95. The third-order valence-corrected chi connectivity index (χ3v) is 4.58. The Kier molecular flexibility index (Phi) is 4.13. The van der Waals surface area contributed by atoms with Crippen LogP contribution in [0.15, 0.2) is 18.2 Å². The first-order chi connectivity index (χ1) is 8.93. The summed E-state index contributed by atoms with van der Waals surface area (Å²) in [4.78, 5) is 0. The van der Waals surface area contributed by atoms with Crippen LogP contribution in [-0.2, 0) is 16.4 Å². The van der Waals surface area contributed by atoms with E-state index in [1.165, 1.54) is 10.6 Å². The maximum Gasteiger partial charge on any atom is 0.232 e. The number of sulfonamides is 1. The summed E-state index contributed by atoms with van der Waals surface area (Å²) in [6.07, 6.45) is 2.79. The van der Waals surface area contributed by atoms with Crippen molar-refractivity contribution in [3.8, 4) is 0 Å². The molecule has 0 bridgehead atoms. The number of hydrogen-bond donors (Lipinski definition) is 2. The van der Waals surface area contributed by atoms with Gasteiger partial charge in [-0.3, -0.25) is 4.31 Å². The second-order valence-electron chi connectivity index (χ2n) is 4.92. The highest BCUT2D eigenvalue weighted by molar-refractivity contribution is 7.92. The van der Waals surface area contributed by atoms with Gasteiger partial charge in [-0.05, 0) is 43.0 Å². The molecule has 1 aliphatic rings. The number of benzene rings is 1. The van der Waals surface area contributed by atoms with E-state index in [9.17, 15) is 13.5 Å². The summed E-state index contributed by atoms with van der Waals surface area (Å²) in [5, 5.41) is 9.94. The lowest BCUT2D eigenvalue weighted by molar-refractivity contribution is 0.170. The van der Waals surface area contributed by atoms with Crippen molar-refractivity contribution in [3.05, 3.63) is 29.3 Å². The molecule has 1 unspecified atom stereocenters. The summed E-state index contributed by atoms with van der Waals surface area (Å²) >= 11 is 0. The van der Waals surface area contributed by atoms with E-state index in [2.05, 4.69) is 0 Å². The van der Waals surface area contributed by atoms with Gasteiger partial charge in [-0.1, -0.05) is 12.1 Å². The zero-order valence-electron chi connectivity index (χ0n) is 11.0. The van der Waals surface area contributed by atoms with Crippen molar-refractivity contribution in [2.75, 3.05) is 23.7 Å². The van der Waals surface area contributed by atoms with Crippen LogP contribution in [0.1, 0.15) is 30.1 Å². The van der Waals surface area contributed by atoms with Crippen LogP contribution in [0.25, 0.3) is 0 Å². The summed E-state index contributed by atoms with van der Waals surface area (Å²) in [7, 11) is -3.23. The minimum absolute atomic E-state index is 0.424. The Morgan fingerprint density at radius 2 is 2.21 bits per heavy atom. The summed E-state index contributed by atoms with van der Waals surface area (Å²) in [5.74, 6) is 0. The fraction of sp³-hybridized carbons (Fsp3) is 0.538. The smallest absolute Gasteiger partial charge is 0.232 e. The number of nitrogens with two attached hydrogens (primary N) is 1. The number of aliphatic hydroxyl groups is 1. The molecule has 2 rings (SSSR count). The van der Waals surface area contributed by atoms with Gasteiger partial charge in [0.05, 0.1) is 18.0 Å². The third-order valence-electron chi connectivity index (χ3n) is 3.40. The highest BCUT2D eigenvalue weighted by atomic mass is 32.2. The first-order valence-corrected chi connectivity index (χ1v) is 8.27. The molecule has 0 fully saturated rings. The maximum atomic E-state index is 11.7. The topological polar surface area (TPSA) is 83.6 Å². The summed E-state index contributed by atoms with van der Waals surface area (Å²) in [6, 6.07) is 5.46. The minimum Gasteiger partial charge on any atom is -0.388 e. The molecule has 1 heterocycles. The normalized spacial score (nSPS) is 17.1. The predicted octanol–water partition coefficient (Wildman–Crippen LogP) is 0.781. The monoisotopic (exact) mass is 284 g/mol. The molecule has 1 aliphatic heterocycles. The van der Waals surface area contributed by atoms with Crippen LogP contribution in [0.4, 0.5) is 5.69 Å². The van der Waals surface area contributed by atoms with Gasteiger partial charge in [0.15, 0.2) is 0 Å². The number of nitrogens with zero attached hydrogens (tertiary/aromatic N) is 1. The summed E-state index contributed by atoms with van der Waals surface area (Å²) in [6.45, 7) is 0.949. The van der Waals surface area contributed by atoms with Crippen molar-refractivity contribution >= 4 is 15.7 Å². The Hall–Kier alpha value is -1.11. The van der Waals surface area contributed by atoms with E-state index in [0.29, 0.717) is 19.5 Å². The van der Waals surface area contributed by atoms with Crippen LogP contribution >= 0.6 is 0 Å². The van der Waals surface area contributed by atoms with Gasteiger partial charge in [0, 0.05) is 6.54 Å². The lowest BCUT2D eigenvalue weighted by atomic mass is 9.97. The van der Waals surface area contributed by atoms with Gasteiger partial charge in [-0.2, -0.15) is 0 Å². The Labute approximate surface area is 114 Å². The van der Waals surface area contributed by atoms with Gasteiger partial charge in [-0.25, -0.2) is 8.42 Å². The van der Waals surface area contributed by atoms with Crippen molar-refractivity contribution in [2.45, 2.75) is 25.4 Å². The van der Waals surface area contributed by atoms with Crippen LogP contribution in [0, 0.1) is 0 Å². The fourth-order valence-corrected chi connectivity index (χ4v) is 3.45. The Morgan fingerprint density at radius 3 is 2.84 bits per heavy atom. The zero-order valence-corrected chi connectivity index (χ0v) is 11.9. The molecule has 5 nitrogen and oxygen atoms in total. The first-order valence-electron chi connectivity index (χ1n) is 6.42. The van der Waals surface area contributed by atoms with Crippen LogP contribution < -0.4 is 10.0 Å². The molecule has 0 saturated heterocycles. The molecule has 1 atom stereocenters. The van der Waals surface area contributed by atoms with Gasteiger partial charge in [-0.15, -0.1) is 0 Å². The zero-order chi connectivity index (χ0) is 14.0. The Morgan fingerprint density at radius 1 is 1.47 bits per heavy atom. The van der Waals surface area contributed by atoms with Gasteiger partial charge in [0.25, 0.3) is 0 Å². The molecule has 6 heteroatoms. The molecule has 0 amide bonds. The quantitative estimate of drug-likeness (QED) is 0.856. The molecule has 1 aromatic carbocycles. The SMILES string of the molecule is CS(=O)(=O)N1CCCc2cc(C(O)CCN)ccc21. The lowest BCUT2D eigenvalue weighted by Crippen LogP contribution is -2.34. The second kappa shape index (κ2) is 5.48. The number of rotatable bonds is 4. The number of fused-ring (bicyclic) bond motifs is 1. The van der Waals surface area contributed by atoms with E-state index in [4.69, 9.17) is 5.73 Å². The molecule has 0 radical (unpaired) electrons. The van der Waals surface area contributed by atoms with Gasteiger partial charge < -0.3 is 10.8 Å². The molecule has 1 aromatic rings. The number of aliphatic hydroxyl groups excluding tert-OH is 1. The van der Waals surface area contributed by atoms with Crippen LogP contribution in [0.3, 0.4) is 0 Å². The van der Waals surface area contributed by atoms with Crippen molar-refractivity contribution in [1.82, 2.24) is 0 Å². The Bertz CT molecular complexity index is 557. The molecule has 0 spiro atoms. The molecule has 106 valence electrons. The summed E-state index contributed by atoms with van der Waals surface area (Å²) < 4.78 is 24.9. The van der Waals surface area contributed by atoms with Gasteiger partial charge in [0.2, 0.25) is 10.0 Å². The molecular weight excluding hydrogens is 264 g/mol. The van der Waals surface area contributed by atoms with E-state index in [1.807, 2.05) is 6.07 Å².